The number of hydrogen-bond donors (Lipinski definition) is 0. The quantitative estimate of drug-likeness (QED) is 0.812. The molecule has 0 N–H and O–H groups in total. The number of nitrogens with zero attached hydrogens (tertiary/aromatic N) is 2. The van der Waals surface area contributed by atoms with Crippen LogP contribution >= 0.6 is 0 Å². The Kier molecular flexibility index (Phi) is 3.68. The lowest BCUT2D eigenvalue weighted by Crippen LogP contribution is -2.31. The summed E-state index contributed by atoms with van der Waals surface area (Å²) in [5.74, 6) is 1.03. The maximum Gasteiger partial charge on any atom is 0.337 e. The van der Waals surface area contributed by atoms with Gasteiger partial charge in [0.1, 0.15) is 5.82 Å². The summed E-state index contributed by atoms with van der Waals surface area (Å²) in [4.78, 5) is 16.4. The molecular formula is C16H20N2O3. The summed E-state index contributed by atoms with van der Waals surface area (Å²) in [6.07, 6.45) is 1.33. The molecule has 1 aliphatic rings. The third-order valence-electron chi connectivity index (χ3n) is 3.89. The van der Waals surface area contributed by atoms with E-state index < -0.39 is 0 Å². The monoisotopic (exact) mass is 288 g/mol. The van der Waals surface area contributed by atoms with Crippen molar-refractivity contribution in [2.24, 2.45) is 0 Å². The lowest BCUT2D eigenvalue weighted by atomic mass is 10.1. The molecule has 21 heavy (non-hydrogen) atoms. The first-order valence-corrected chi connectivity index (χ1v) is 7.30. The standard InChI is InChI=1S/C16H20N2O3/c1-10(2)15-17-13-5-4-11(16(19)20-3)8-14(13)18(15)9-12-6-7-21-12/h4-5,8,10,12H,6-7,9H2,1-3H3/t12-/m0/s1. The highest BCUT2D eigenvalue weighted by molar-refractivity contribution is 5.93. The van der Waals surface area contributed by atoms with E-state index in [0.29, 0.717) is 11.5 Å². The summed E-state index contributed by atoms with van der Waals surface area (Å²) in [6.45, 7) is 5.87. The van der Waals surface area contributed by atoms with Gasteiger partial charge < -0.3 is 14.0 Å². The maximum absolute atomic E-state index is 11.7. The Bertz CT molecular complexity index is 671. The van der Waals surface area contributed by atoms with E-state index in [-0.39, 0.29) is 12.1 Å². The second-order valence-corrected chi connectivity index (χ2v) is 5.71. The van der Waals surface area contributed by atoms with Gasteiger partial charge in [-0.2, -0.15) is 0 Å². The largest absolute Gasteiger partial charge is 0.465 e. The van der Waals surface area contributed by atoms with Gasteiger partial charge in [-0.3, -0.25) is 0 Å². The molecule has 0 saturated carbocycles. The second-order valence-electron chi connectivity index (χ2n) is 5.71. The van der Waals surface area contributed by atoms with E-state index >= 15 is 0 Å². The fourth-order valence-corrected chi connectivity index (χ4v) is 2.65. The average Bonchev–Trinajstić information content (AvgIpc) is 2.80. The average molecular weight is 288 g/mol. The first kappa shape index (κ1) is 14.1. The molecule has 0 unspecified atom stereocenters. The first-order chi connectivity index (χ1) is 10.1. The Morgan fingerprint density at radius 3 is 2.86 bits per heavy atom. The van der Waals surface area contributed by atoms with Crippen molar-refractivity contribution in [2.45, 2.75) is 38.8 Å². The van der Waals surface area contributed by atoms with E-state index in [4.69, 9.17) is 14.5 Å². The van der Waals surface area contributed by atoms with E-state index in [1.807, 2.05) is 12.1 Å². The molecule has 0 bridgehead atoms. The van der Waals surface area contributed by atoms with Gasteiger partial charge in [0.15, 0.2) is 0 Å². The van der Waals surface area contributed by atoms with E-state index in [9.17, 15) is 4.79 Å². The van der Waals surface area contributed by atoms with Crippen molar-refractivity contribution >= 4 is 17.0 Å². The van der Waals surface area contributed by atoms with E-state index in [1.54, 1.807) is 6.07 Å². The normalized spacial score (nSPS) is 18.0. The van der Waals surface area contributed by atoms with Crippen LogP contribution in [0.15, 0.2) is 18.2 Å². The van der Waals surface area contributed by atoms with Crippen molar-refractivity contribution < 1.29 is 14.3 Å². The number of benzene rings is 1. The van der Waals surface area contributed by atoms with Crippen molar-refractivity contribution in [1.82, 2.24) is 9.55 Å². The van der Waals surface area contributed by atoms with Crippen molar-refractivity contribution in [1.29, 1.82) is 0 Å². The minimum absolute atomic E-state index is 0.252. The van der Waals surface area contributed by atoms with Gasteiger partial charge in [0.05, 0.1) is 36.4 Å². The van der Waals surface area contributed by atoms with Crippen LogP contribution in [0.3, 0.4) is 0 Å². The molecule has 0 spiro atoms. The molecule has 0 aliphatic carbocycles. The summed E-state index contributed by atoms with van der Waals surface area (Å²) >= 11 is 0. The molecule has 2 aromatic rings. The first-order valence-electron chi connectivity index (χ1n) is 7.30. The summed E-state index contributed by atoms with van der Waals surface area (Å²) in [5.41, 5.74) is 2.43. The minimum Gasteiger partial charge on any atom is -0.465 e. The number of ether oxygens (including phenoxy) is 2. The maximum atomic E-state index is 11.7. The second kappa shape index (κ2) is 5.48. The van der Waals surface area contributed by atoms with Gasteiger partial charge in [0.25, 0.3) is 0 Å². The number of imidazole rings is 1. The van der Waals surface area contributed by atoms with Gasteiger partial charge in [0, 0.05) is 12.5 Å². The zero-order chi connectivity index (χ0) is 15.0. The summed E-state index contributed by atoms with van der Waals surface area (Å²) in [6, 6.07) is 5.50. The molecule has 3 rings (SSSR count). The number of fused-ring (bicyclic) bond motifs is 1. The Morgan fingerprint density at radius 2 is 2.29 bits per heavy atom. The van der Waals surface area contributed by atoms with Crippen LogP contribution in [-0.2, 0) is 16.0 Å². The van der Waals surface area contributed by atoms with Gasteiger partial charge in [-0.05, 0) is 24.6 Å². The number of carbonyl (C=O) groups excluding carboxylic acids is 1. The lowest BCUT2D eigenvalue weighted by Gasteiger charge is -2.28. The third-order valence-corrected chi connectivity index (χ3v) is 3.89. The van der Waals surface area contributed by atoms with Crippen molar-refractivity contribution in [2.75, 3.05) is 13.7 Å². The van der Waals surface area contributed by atoms with Gasteiger partial charge >= 0.3 is 5.97 Å². The zero-order valence-corrected chi connectivity index (χ0v) is 12.6. The Morgan fingerprint density at radius 1 is 1.52 bits per heavy atom. The topological polar surface area (TPSA) is 53.3 Å². The molecule has 5 heteroatoms. The summed E-state index contributed by atoms with van der Waals surface area (Å²) < 4.78 is 12.5. The molecule has 1 aromatic carbocycles. The predicted molar refractivity (Wildman–Crippen MR) is 79.5 cm³/mol. The van der Waals surface area contributed by atoms with Crippen LogP contribution in [0.2, 0.25) is 0 Å². The molecule has 2 heterocycles. The number of esters is 1. The molecule has 0 radical (unpaired) electrons. The number of aromatic nitrogens is 2. The van der Waals surface area contributed by atoms with Crippen LogP contribution in [0.5, 0.6) is 0 Å². The van der Waals surface area contributed by atoms with Crippen LogP contribution < -0.4 is 0 Å². The summed E-state index contributed by atoms with van der Waals surface area (Å²) in [7, 11) is 1.39. The van der Waals surface area contributed by atoms with Crippen molar-refractivity contribution in [3.8, 4) is 0 Å². The molecule has 112 valence electrons. The zero-order valence-electron chi connectivity index (χ0n) is 12.6. The minimum atomic E-state index is -0.323. The molecule has 1 aliphatic heterocycles. The number of carbonyl (C=O) groups is 1. The van der Waals surface area contributed by atoms with E-state index in [1.165, 1.54) is 7.11 Å². The predicted octanol–water partition coefficient (Wildman–Crippen LogP) is 2.74. The molecule has 0 amide bonds. The summed E-state index contributed by atoms with van der Waals surface area (Å²) in [5, 5.41) is 0. The lowest BCUT2D eigenvalue weighted by molar-refractivity contribution is -0.0590. The van der Waals surface area contributed by atoms with E-state index in [0.717, 1.165) is 36.4 Å². The number of rotatable bonds is 4. The molecule has 1 atom stereocenters. The third kappa shape index (κ3) is 2.53. The highest BCUT2D eigenvalue weighted by atomic mass is 16.5. The smallest absolute Gasteiger partial charge is 0.337 e. The van der Waals surface area contributed by atoms with Crippen LogP contribution in [0.25, 0.3) is 11.0 Å². The number of hydrogen-bond acceptors (Lipinski definition) is 4. The van der Waals surface area contributed by atoms with E-state index in [2.05, 4.69) is 18.4 Å². The van der Waals surface area contributed by atoms with Gasteiger partial charge in [-0.1, -0.05) is 13.8 Å². The molecule has 1 fully saturated rings. The Hall–Kier alpha value is -1.88. The Balaban J connectivity index is 2.08. The fraction of sp³-hybridized carbons (Fsp3) is 0.500. The SMILES string of the molecule is COC(=O)c1ccc2nc(C(C)C)n(C[C@@H]3CCO3)c2c1. The van der Waals surface area contributed by atoms with Crippen molar-refractivity contribution in [3.05, 3.63) is 29.6 Å². The molecule has 5 nitrogen and oxygen atoms in total. The van der Waals surface area contributed by atoms with Crippen LogP contribution in [0.1, 0.15) is 42.4 Å². The fourth-order valence-electron chi connectivity index (χ4n) is 2.65. The molecule has 1 aromatic heterocycles. The van der Waals surface area contributed by atoms with Gasteiger partial charge in [-0.25, -0.2) is 9.78 Å². The van der Waals surface area contributed by atoms with Crippen LogP contribution in [0, 0.1) is 0 Å². The van der Waals surface area contributed by atoms with Crippen molar-refractivity contribution in [3.63, 3.8) is 0 Å². The highest BCUT2D eigenvalue weighted by Crippen LogP contribution is 2.25. The Labute approximate surface area is 123 Å². The van der Waals surface area contributed by atoms with Gasteiger partial charge in [0.2, 0.25) is 0 Å². The van der Waals surface area contributed by atoms with Crippen LogP contribution in [0.4, 0.5) is 0 Å². The molecular weight excluding hydrogens is 268 g/mol. The molecule has 1 saturated heterocycles. The number of methoxy groups -OCH3 is 1. The van der Waals surface area contributed by atoms with Crippen LogP contribution in [-0.4, -0.2) is 35.3 Å². The van der Waals surface area contributed by atoms with Gasteiger partial charge in [-0.15, -0.1) is 0 Å². The highest BCUT2D eigenvalue weighted by Gasteiger charge is 2.23.